The van der Waals surface area contributed by atoms with E-state index in [1.54, 1.807) is 12.1 Å². The van der Waals surface area contributed by atoms with E-state index in [0.717, 1.165) is 28.9 Å². The number of aryl methyl sites for hydroxylation is 3. The molecule has 1 N–H and O–H groups in total. The summed E-state index contributed by atoms with van der Waals surface area (Å²) in [5.74, 6) is 1.56. The fraction of sp³-hybridized carbons (Fsp3) is 0.292. The maximum Gasteiger partial charge on any atom is 0.287 e. The molecule has 0 fully saturated rings. The van der Waals surface area contributed by atoms with Crippen LogP contribution in [0.25, 0.3) is 0 Å². The molecule has 4 nitrogen and oxygen atoms in total. The molecule has 0 saturated carbocycles. The van der Waals surface area contributed by atoms with E-state index in [9.17, 15) is 4.79 Å². The van der Waals surface area contributed by atoms with Crippen molar-refractivity contribution in [3.05, 3.63) is 88.4 Å². The smallest absolute Gasteiger partial charge is 0.287 e. The van der Waals surface area contributed by atoms with Gasteiger partial charge in [0.25, 0.3) is 5.91 Å². The van der Waals surface area contributed by atoms with Crippen molar-refractivity contribution in [3.8, 4) is 5.75 Å². The normalized spacial score (nSPS) is 11.9. The van der Waals surface area contributed by atoms with Crippen LogP contribution in [0.15, 0.2) is 59.0 Å². The van der Waals surface area contributed by atoms with Gasteiger partial charge in [-0.2, -0.15) is 0 Å². The molecule has 0 aliphatic carbocycles. The van der Waals surface area contributed by atoms with Gasteiger partial charge in [-0.1, -0.05) is 55.0 Å². The van der Waals surface area contributed by atoms with Crippen LogP contribution in [0, 0.1) is 20.8 Å². The van der Waals surface area contributed by atoms with Crippen LogP contribution >= 0.6 is 0 Å². The fourth-order valence-electron chi connectivity index (χ4n) is 3.20. The molecule has 28 heavy (non-hydrogen) atoms. The highest BCUT2D eigenvalue weighted by Crippen LogP contribution is 2.24. The summed E-state index contributed by atoms with van der Waals surface area (Å²) in [6.07, 6.45) is 0.804. The first-order valence-corrected chi connectivity index (χ1v) is 9.63. The molecule has 0 saturated heterocycles. The molecule has 146 valence electrons. The predicted octanol–water partition coefficient (Wildman–Crippen LogP) is 5.66. The monoisotopic (exact) mass is 377 g/mol. The minimum Gasteiger partial charge on any atom is -0.485 e. The molecule has 0 aliphatic rings. The van der Waals surface area contributed by atoms with Gasteiger partial charge in [0.15, 0.2) is 5.76 Å². The van der Waals surface area contributed by atoms with E-state index in [1.165, 1.54) is 5.56 Å². The molecule has 0 bridgehead atoms. The van der Waals surface area contributed by atoms with Gasteiger partial charge in [-0.25, -0.2) is 0 Å². The number of ether oxygens (including phenoxy) is 1. The maximum absolute atomic E-state index is 12.6. The quantitative estimate of drug-likeness (QED) is 0.577. The summed E-state index contributed by atoms with van der Waals surface area (Å²) in [6.45, 7) is 8.41. The number of benzene rings is 2. The zero-order valence-electron chi connectivity index (χ0n) is 16.9. The topological polar surface area (TPSA) is 51.5 Å². The second kappa shape index (κ2) is 8.79. The Morgan fingerprint density at radius 3 is 2.32 bits per heavy atom. The van der Waals surface area contributed by atoms with Crippen LogP contribution in [-0.2, 0) is 6.61 Å². The lowest BCUT2D eigenvalue weighted by atomic mass is 10.0. The van der Waals surface area contributed by atoms with Crippen molar-refractivity contribution in [1.82, 2.24) is 5.32 Å². The largest absolute Gasteiger partial charge is 0.485 e. The molecule has 1 atom stereocenters. The number of nitrogens with one attached hydrogen (secondary N) is 1. The van der Waals surface area contributed by atoms with Crippen molar-refractivity contribution in [2.75, 3.05) is 0 Å². The number of hydrogen-bond donors (Lipinski definition) is 1. The number of rotatable bonds is 7. The number of furan rings is 1. The Morgan fingerprint density at radius 1 is 1.00 bits per heavy atom. The standard InChI is InChI=1S/C24H27NO3/c1-5-21(19-11-9-16(2)10-12-19)25-24(26)22-14-13-20(28-22)15-27-23-17(3)7-6-8-18(23)4/h6-14,21H,5,15H2,1-4H3,(H,25,26). The lowest BCUT2D eigenvalue weighted by molar-refractivity contribution is 0.0903. The van der Waals surface area contributed by atoms with Crippen LogP contribution in [0.2, 0.25) is 0 Å². The highest BCUT2D eigenvalue weighted by Gasteiger charge is 2.17. The average Bonchev–Trinajstić information content (AvgIpc) is 3.15. The van der Waals surface area contributed by atoms with E-state index in [1.807, 2.05) is 39.0 Å². The molecule has 2 aromatic carbocycles. The van der Waals surface area contributed by atoms with Crippen LogP contribution in [0.3, 0.4) is 0 Å². The Kier molecular flexibility index (Phi) is 6.19. The first-order valence-electron chi connectivity index (χ1n) is 9.63. The first kappa shape index (κ1) is 19.7. The van der Waals surface area contributed by atoms with Crippen molar-refractivity contribution in [3.63, 3.8) is 0 Å². The van der Waals surface area contributed by atoms with Crippen LogP contribution < -0.4 is 10.1 Å². The number of hydrogen-bond acceptors (Lipinski definition) is 3. The molecule has 0 spiro atoms. The lowest BCUT2D eigenvalue weighted by Gasteiger charge is -2.17. The summed E-state index contributed by atoms with van der Waals surface area (Å²) in [7, 11) is 0. The van der Waals surface area contributed by atoms with E-state index < -0.39 is 0 Å². The Hall–Kier alpha value is -3.01. The van der Waals surface area contributed by atoms with Crippen molar-refractivity contribution in [1.29, 1.82) is 0 Å². The highest BCUT2D eigenvalue weighted by molar-refractivity contribution is 5.91. The van der Waals surface area contributed by atoms with E-state index in [-0.39, 0.29) is 18.6 Å². The van der Waals surface area contributed by atoms with Crippen molar-refractivity contribution < 1.29 is 13.9 Å². The second-order valence-corrected chi connectivity index (χ2v) is 7.12. The van der Waals surface area contributed by atoms with Gasteiger partial charge < -0.3 is 14.5 Å². The van der Waals surface area contributed by atoms with Gasteiger partial charge in [0, 0.05) is 0 Å². The summed E-state index contributed by atoms with van der Waals surface area (Å²) in [4.78, 5) is 12.6. The average molecular weight is 377 g/mol. The minimum absolute atomic E-state index is 0.0486. The van der Waals surface area contributed by atoms with Crippen LogP contribution in [0.4, 0.5) is 0 Å². The fourth-order valence-corrected chi connectivity index (χ4v) is 3.20. The highest BCUT2D eigenvalue weighted by atomic mass is 16.5. The third-order valence-corrected chi connectivity index (χ3v) is 4.85. The molecule has 1 heterocycles. The second-order valence-electron chi connectivity index (χ2n) is 7.12. The predicted molar refractivity (Wildman–Crippen MR) is 111 cm³/mol. The molecule has 3 rings (SSSR count). The molecule has 3 aromatic rings. The van der Waals surface area contributed by atoms with Crippen molar-refractivity contribution in [2.45, 2.75) is 46.8 Å². The van der Waals surface area contributed by atoms with Crippen LogP contribution in [-0.4, -0.2) is 5.91 Å². The number of carbonyl (C=O) groups is 1. The number of para-hydroxylation sites is 1. The van der Waals surface area contributed by atoms with Crippen molar-refractivity contribution in [2.24, 2.45) is 0 Å². The zero-order valence-corrected chi connectivity index (χ0v) is 16.9. The molecule has 0 aliphatic heterocycles. The summed E-state index contributed by atoms with van der Waals surface area (Å²) >= 11 is 0. The molecule has 1 unspecified atom stereocenters. The molecular formula is C24H27NO3. The Bertz CT molecular complexity index is 920. The molecular weight excluding hydrogens is 350 g/mol. The number of amides is 1. The van der Waals surface area contributed by atoms with Crippen molar-refractivity contribution >= 4 is 5.91 Å². The van der Waals surface area contributed by atoms with Gasteiger partial charge >= 0.3 is 0 Å². The molecule has 0 radical (unpaired) electrons. The molecule has 1 aromatic heterocycles. The Morgan fingerprint density at radius 2 is 1.68 bits per heavy atom. The Labute approximate surface area is 166 Å². The number of carbonyl (C=O) groups excluding carboxylic acids is 1. The van der Waals surface area contributed by atoms with Crippen LogP contribution in [0.5, 0.6) is 5.75 Å². The van der Waals surface area contributed by atoms with Gasteiger partial charge in [-0.3, -0.25) is 4.79 Å². The summed E-state index contributed by atoms with van der Waals surface area (Å²) in [5, 5.41) is 3.05. The Balaban J connectivity index is 1.64. The van der Waals surface area contributed by atoms with Gasteiger partial charge in [-0.15, -0.1) is 0 Å². The third-order valence-electron chi connectivity index (χ3n) is 4.85. The van der Waals surface area contributed by atoms with E-state index in [2.05, 4.69) is 36.5 Å². The SMILES string of the molecule is CCC(NC(=O)c1ccc(COc2c(C)cccc2C)o1)c1ccc(C)cc1. The van der Waals surface area contributed by atoms with Gasteiger partial charge in [-0.05, 0) is 56.0 Å². The van der Waals surface area contributed by atoms with Crippen LogP contribution in [0.1, 0.15) is 58.0 Å². The van der Waals surface area contributed by atoms with Gasteiger partial charge in [0.05, 0.1) is 6.04 Å². The third kappa shape index (κ3) is 4.63. The summed E-state index contributed by atoms with van der Waals surface area (Å²) < 4.78 is 11.6. The first-order chi connectivity index (χ1) is 13.5. The molecule has 4 heteroatoms. The zero-order chi connectivity index (χ0) is 20.1. The molecule has 1 amide bonds. The lowest BCUT2D eigenvalue weighted by Crippen LogP contribution is -2.27. The summed E-state index contributed by atoms with van der Waals surface area (Å²) in [6, 6.07) is 17.7. The minimum atomic E-state index is -0.217. The van der Waals surface area contributed by atoms with Gasteiger partial charge in [0.2, 0.25) is 0 Å². The summed E-state index contributed by atoms with van der Waals surface area (Å²) in [5.41, 5.74) is 4.44. The van der Waals surface area contributed by atoms with E-state index >= 15 is 0 Å². The van der Waals surface area contributed by atoms with E-state index in [4.69, 9.17) is 9.15 Å². The van der Waals surface area contributed by atoms with E-state index in [0.29, 0.717) is 11.5 Å². The van der Waals surface area contributed by atoms with Gasteiger partial charge in [0.1, 0.15) is 18.1 Å². The maximum atomic E-state index is 12.6.